The molecule has 2 unspecified atom stereocenters. The highest BCUT2D eigenvalue weighted by atomic mass is 35.5. The van der Waals surface area contributed by atoms with Gasteiger partial charge in [-0.2, -0.15) is 0 Å². The SMILES string of the molecule is Cc1ccc(C(C)NC(C)c2ccc(Cl)cc2)s1. The number of aryl methyl sites for hydroxylation is 1. The summed E-state index contributed by atoms with van der Waals surface area (Å²) in [5.41, 5.74) is 1.26. The fourth-order valence-electron chi connectivity index (χ4n) is 1.99. The molecule has 1 aromatic heterocycles. The van der Waals surface area contributed by atoms with Crippen molar-refractivity contribution in [3.63, 3.8) is 0 Å². The molecule has 1 aromatic carbocycles. The van der Waals surface area contributed by atoms with Crippen LogP contribution in [-0.2, 0) is 0 Å². The van der Waals surface area contributed by atoms with Crippen LogP contribution >= 0.6 is 22.9 Å². The van der Waals surface area contributed by atoms with Crippen molar-refractivity contribution in [1.82, 2.24) is 5.32 Å². The van der Waals surface area contributed by atoms with Crippen molar-refractivity contribution in [3.05, 3.63) is 56.7 Å². The van der Waals surface area contributed by atoms with E-state index < -0.39 is 0 Å². The van der Waals surface area contributed by atoms with Crippen LogP contribution in [0.15, 0.2) is 36.4 Å². The van der Waals surface area contributed by atoms with Gasteiger partial charge in [0.2, 0.25) is 0 Å². The molecule has 0 bridgehead atoms. The Hall–Kier alpha value is -0.830. The summed E-state index contributed by atoms with van der Waals surface area (Å²) in [6.45, 7) is 6.53. The maximum absolute atomic E-state index is 5.90. The molecule has 0 saturated heterocycles. The van der Waals surface area contributed by atoms with Crippen LogP contribution in [0, 0.1) is 6.92 Å². The molecule has 2 atom stereocenters. The predicted octanol–water partition coefficient (Wildman–Crippen LogP) is 5.12. The Bertz CT molecular complexity index is 503. The molecule has 96 valence electrons. The number of nitrogens with one attached hydrogen (secondary N) is 1. The first-order valence-corrected chi connectivity index (χ1v) is 7.33. The van der Waals surface area contributed by atoms with Crippen molar-refractivity contribution in [2.45, 2.75) is 32.9 Å². The Morgan fingerprint density at radius 2 is 1.67 bits per heavy atom. The van der Waals surface area contributed by atoms with Gasteiger partial charge in [0.25, 0.3) is 0 Å². The normalized spacial score (nSPS) is 14.4. The molecule has 0 aliphatic heterocycles. The predicted molar refractivity (Wildman–Crippen MR) is 80.5 cm³/mol. The average molecular weight is 280 g/mol. The van der Waals surface area contributed by atoms with Gasteiger partial charge in [-0.25, -0.2) is 0 Å². The van der Waals surface area contributed by atoms with E-state index in [9.17, 15) is 0 Å². The number of benzene rings is 1. The van der Waals surface area contributed by atoms with Crippen LogP contribution < -0.4 is 5.32 Å². The van der Waals surface area contributed by atoms with Crippen LogP contribution in [-0.4, -0.2) is 0 Å². The molecule has 2 rings (SSSR count). The van der Waals surface area contributed by atoms with Gasteiger partial charge in [0.05, 0.1) is 0 Å². The Morgan fingerprint density at radius 1 is 1.00 bits per heavy atom. The summed E-state index contributed by atoms with van der Waals surface area (Å²) in [6, 6.07) is 13.1. The van der Waals surface area contributed by atoms with E-state index in [1.54, 1.807) is 0 Å². The molecule has 0 fully saturated rings. The molecule has 0 aliphatic rings. The second-order valence-electron chi connectivity index (χ2n) is 4.61. The standard InChI is InChI=1S/C15H18ClNS/c1-10-4-9-15(18-10)12(3)17-11(2)13-5-7-14(16)8-6-13/h4-9,11-12,17H,1-3H3. The lowest BCUT2D eigenvalue weighted by Gasteiger charge is -2.19. The maximum atomic E-state index is 5.90. The molecular formula is C15H18ClNS. The van der Waals surface area contributed by atoms with Gasteiger partial charge in [-0.05, 0) is 50.6 Å². The molecule has 0 radical (unpaired) electrons. The van der Waals surface area contributed by atoms with E-state index in [-0.39, 0.29) is 0 Å². The Balaban J connectivity index is 2.02. The van der Waals surface area contributed by atoms with E-state index in [4.69, 9.17) is 11.6 Å². The minimum atomic E-state index is 0.319. The minimum absolute atomic E-state index is 0.319. The molecule has 1 heterocycles. The van der Waals surface area contributed by atoms with Gasteiger partial charge in [0.1, 0.15) is 0 Å². The summed E-state index contributed by atoms with van der Waals surface area (Å²) < 4.78 is 0. The van der Waals surface area contributed by atoms with E-state index >= 15 is 0 Å². The third-order valence-corrected chi connectivity index (χ3v) is 4.49. The summed E-state index contributed by atoms with van der Waals surface area (Å²) in [6.07, 6.45) is 0. The molecule has 1 N–H and O–H groups in total. The molecule has 2 aromatic rings. The van der Waals surface area contributed by atoms with Crippen LogP contribution in [0.4, 0.5) is 0 Å². The van der Waals surface area contributed by atoms with Gasteiger partial charge in [0, 0.05) is 26.9 Å². The number of halogens is 1. The summed E-state index contributed by atoms with van der Waals surface area (Å²) in [5.74, 6) is 0. The van der Waals surface area contributed by atoms with Crippen LogP contribution in [0.5, 0.6) is 0 Å². The summed E-state index contributed by atoms with van der Waals surface area (Å²) in [4.78, 5) is 2.74. The molecule has 0 spiro atoms. The first kappa shape index (κ1) is 13.6. The minimum Gasteiger partial charge on any atom is -0.303 e. The van der Waals surface area contributed by atoms with Crippen LogP contribution in [0.3, 0.4) is 0 Å². The number of hydrogen-bond donors (Lipinski definition) is 1. The van der Waals surface area contributed by atoms with Gasteiger partial charge < -0.3 is 5.32 Å². The van der Waals surface area contributed by atoms with Crippen molar-refractivity contribution in [1.29, 1.82) is 0 Å². The highest BCUT2D eigenvalue weighted by Gasteiger charge is 2.12. The molecule has 18 heavy (non-hydrogen) atoms. The molecule has 1 nitrogen and oxygen atoms in total. The quantitative estimate of drug-likeness (QED) is 0.819. The average Bonchev–Trinajstić information content (AvgIpc) is 2.76. The summed E-state index contributed by atoms with van der Waals surface area (Å²) in [5, 5.41) is 4.40. The van der Waals surface area contributed by atoms with E-state index in [0.717, 1.165) is 5.02 Å². The zero-order chi connectivity index (χ0) is 13.1. The highest BCUT2D eigenvalue weighted by Crippen LogP contribution is 2.25. The number of hydrogen-bond acceptors (Lipinski definition) is 2. The summed E-state index contributed by atoms with van der Waals surface area (Å²) >= 11 is 7.75. The molecule has 0 amide bonds. The lowest BCUT2D eigenvalue weighted by atomic mass is 10.1. The van der Waals surface area contributed by atoms with Crippen molar-refractivity contribution >= 4 is 22.9 Å². The third-order valence-electron chi connectivity index (χ3n) is 3.06. The zero-order valence-corrected chi connectivity index (χ0v) is 12.5. The van der Waals surface area contributed by atoms with Gasteiger partial charge in [-0.1, -0.05) is 23.7 Å². The van der Waals surface area contributed by atoms with Crippen molar-refractivity contribution in [2.24, 2.45) is 0 Å². The van der Waals surface area contributed by atoms with Gasteiger partial charge in [-0.3, -0.25) is 0 Å². The molecule has 0 aliphatic carbocycles. The van der Waals surface area contributed by atoms with Crippen molar-refractivity contribution in [2.75, 3.05) is 0 Å². The fraction of sp³-hybridized carbons (Fsp3) is 0.333. The van der Waals surface area contributed by atoms with E-state index in [1.165, 1.54) is 15.3 Å². The smallest absolute Gasteiger partial charge is 0.0406 e. The first-order valence-electron chi connectivity index (χ1n) is 6.14. The topological polar surface area (TPSA) is 12.0 Å². The lowest BCUT2D eigenvalue weighted by Crippen LogP contribution is -2.21. The van der Waals surface area contributed by atoms with Gasteiger partial charge >= 0.3 is 0 Å². The Kier molecular flexibility index (Phi) is 4.44. The zero-order valence-electron chi connectivity index (χ0n) is 10.9. The summed E-state index contributed by atoms with van der Waals surface area (Å²) in [7, 11) is 0. The van der Waals surface area contributed by atoms with Crippen molar-refractivity contribution in [3.8, 4) is 0 Å². The van der Waals surface area contributed by atoms with Crippen LogP contribution in [0.25, 0.3) is 0 Å². The van der Waals surface area contributed by atoms with Gasteiger partial charge in [0.15, 0.2) is 0 Å². The number of rotatable bonds is 4. The molecular weight excluding hydrogens is 262 g/mol. The third kappa shape index (κ3) is 3.35. The highest BCUT2D eigenvalue weighted by molar-refractivity contribution is 7.12. The lowest BCUT2D eigenvalue weighted by molar-refractivity contribution is 0.500. The van der Waals surface area contributed by atoms with E-state index in [1.807, 2.05) is 23.5 Å². The monoisotopic (exact) mass is 279 g/mol. The Morgan fingerprint density at radius 3 is 2.22 bits per heavy atom. The maximum Gasteiger partial charge on any atom is 0.0406 e. The van der Waals surface area contributed by atoms with E-state index in [2.05, 4.69) is 50.4 Å². The molecule has 3 heteroatoms. The first-order chi connectivity index (χ1) is 8.56. The largest absolute Gasteiger partial charge is 0.303 e. The van der Waals surface area contributed by atoms with Gasteiger partial charge in [-0.15, -0.1) is 11.3 Å². The number of thiophene rings is 1. The second kappa shape index (κ2) is 5.87. The van der Waals surface area contributed by atoms with Crippen LogP contribution in [0.2, 0.25) is 5.02 Å². The van der Waals surface area contributed by atoms with E-state index in [0.29, 0.717) is 12.1 Å². The van der Waals surface area contributed by atoms with Crippen molar-refractivity contribution < 1.29 is 0 Å². The Labute approximate surface area is 118 Å². The van der Waals surface area contributed by atoms with Crippen LogP contribution in [0.1, 0.15) is 41.2 Å². The second-order valence-corrected chi connectivity index (χ2v) is 6.37. The fourth-order valence-corrected chi connectivity index (χ4v) is 3.01. The molecule has 0 saturated carbocycles.